The van der Waals surface area contributed by atoms with Gasteiger partial charge >= 0.3 is 0 Å². The highest BCUT2D eigenvalue weighted by Crippen LogP contribution is 2.33. The summed E-state index contributed by atoms with van der Waals surface area (Å²) in [6.07, 6.45) is 0.943. The Hall–Kier alpha value is -0.680. The molecule has 20 heavy (non-hydrogen) atoms. The molecule has 2 rings (SSSR count). The van der Waals surface area contributed by atoms with Crippen LogP contribution in [0.1, 0.15) is 19.2 Å². The van der Waals surface area contributed by atoms with E-state index in [0.29, 0.717) is 34.9 Å². The molecule has 6 heteroatoms. The van der Waals surface area contributed by atoms with Crippen LogP contribution >= 0.6 is 39.1 Å². The molecule has 0 unspecified atom stereocenters. The summed E-state index contributed by atoms with van der Waals surface area (Å²) in [6, 6.07) is 7.65. The van der Waals surface area contributed by atoms with Crippen LogP contribution in [-0.4, -0.2) is 16.6 Å². The number of rotatable bonds is 5. The Morgan fingerprint density at radius 1 is 1.10 bits per heavy atom. The number of hydrogen-bond acceptors (Lipinski definition) is 3. The van der Waals surface area contributed by atoms with E-state index in [0.717, 1.165) is 16.5 Å². The molecule has 0 amide bonds. The van der Waals surface area contributed by atoms with E-state index in [2.05, 4.69) is 25.9 Å². The third-order valence-electron chi connectivity index (χ3n) is 2.58. The quantitative estimate of drug-likeness (QED) is 0.536. The molecule has 0 spiro atoms. The molecule has 0 aliphatic heterocycles. The van der Waals surface area contributed by atoms with E-state index in [9.17, 15) is 0 Å². The third kappa shape index (κ3) is 3.92. The fourth-order valence-corrected chi connectivity index (χ4v) is 2.58. The normalized spacial score (nSPS) is 10.8. The average molecular weight is 376 g/mol. The molecule has 106 valence electrons. The molecule has 0 aliphatic rings. The summed E-state index contributed by atoms with van der Waals surface area (Å²) in [5.74, 6) is 0.495. The van der Waals surface area contributed by atoms with Gasteiger partial charge in [-0.2, -0.15) is 0 Å². The fourth-order valence-electron chi connectivity index (χ4n) is 1.68. The average Bonchev–Trinajstić information content (AvgIpc) is 2.40. The Labute approximate surface area is 136 Å². The van der Waals surface area contributed by atoms with Gasteiger partial charge in [-0.1, -0.05) is 58.2 Å². The van der Waals surface area contributed by atoms with E-state index in [1.807, 2.05) is 31.2 Å². The van der Waals surface area contributed by atoms with Crippen molar-refractivity contribution in [2.45, 2.75) is 20.0 Å². The lowest BCUT2D eigenvalue weighted by Crippen LogP contribution is -2.02. The molecule has 3 nitrogen and oxygen atoms in total. The van der Waals surface area contributed by atoms with Crippen molar-refractivity contribution in [2.24, 2.45) is 0 Å². The number of halogens is 3. The summed E-state index contributed by atoms with van der Waals surface area (Å²) in [7, 11) is 0. The first-order chi connectivity index (χ1) is 9.61. The first-order valence-corrected chi connectivity index (χ1v) is 7.72. The van der Waals surface area contributed by atoms with Crippen molar-refractivity contribution in [2.75, 3.05) is 6.61 Å². The van der Waals surface area contributed by atoms with Crippen LogP contribution < -0.4 is 0 Å². The Kier molecular flexibility index (Phi) is 5.78. The van der Waals surface area contributed by atoms with Crippen LogP contribution in [0.25, 0.3) is 11.1 Å². The highest BCUT2D eigenvalue weighted by molar-refractivity contribution is 9.10. The first-order valence-electron chi connectivity index (χ1n) is 6.17. The molecule has 0 N–H and O–H groups in total. The van der Waals surface area contributed by atoms with Gasteiger partial charge in [0, 0.05) is 11.1 Å². The summed E-state index contributed by atoms with van der Waals surface area (Å²) in [5.41, 5.74) is 1.52. The van der Waals surface area contributed by atoms with Gasteiger partial charge in [-0.15, -0.1) is 0 Å². The molecule has 0 bridgehead atoms. The van der Waals surface area contributed by atoms with Crippen molar-refractivity contribution in [3.05, 3.63) is 44.9 Å². The van der Waals surface area contributed by atoms with Gasteiger partial charge in [-0.05, 0) is 24.1 Å². The largest absolute Gasteiger partial charge is 0.373 e. The van der Waals surface area contributed by atoms with Gasteiger partial charge in [0.15, 0.2) is 5.82 Å². The van der Waals surface area contributed by atoms with Crippen molar-refractivity contribution in [1.82, 2.24) is 9.97 Å². The van der Waals surface area contributed by atoms with Crippen LogP contribution in [0.4, 0.5) is 0 Å². The van der Waals surface area contributed by atoms with E-state index in [1.54, 1.807) is 0 Å². The molecule has 1 heterocycles. The predicted molar refractivity (Wildman–Crippen MR) is 85.1 cm³/mol. The van der Waals surface area contributed by atoms with E-state index >= 15 is 0 Å². The molecule has 2 aromatic rings. The van der Waals surface area contributed by atoms with Gasteiger partial charge in [0.1, 0.15) is 16.9 Å². The second-order valence-electron chi connectivity index (χ2n) is 4.16. The molecular formula is C14H13BrCl2N2O. The number of benzene rings is 1. The zero-order valence-electron chi connectivity index (χ0n) is 10.9. The second kappa shape index (κ2) is 7.36. The Bertz CT molecular complexity index is 567. The minimum atomic E-state index is 0.313. The molecule has 0 fully saturated rings. The van der Waals surface area contributed by atoms with Crippen LogP contribution in [0.3, 0.4) is 0 Å². The molecule has 1 aromatic carbocycles. The van der Waals surface area contributed by atoms with Gasteiger partial charge in [0.25, 0.3) is 0 Å². The SMILES string of the molecule is CCCOCc1nc(Cl)c(-c2ccc(Br)cc2)c(Cl)n1. The fraction of sp³-hybridized carbons (Fsp3) is 0.286. The van der Waals surface area contributed by atoms with Crippen molar-refractivity contribution < 1.29 is 4.74 Å². The van der Waals surface area contributed by atoms with Gasteiger partial charge in [0.2, 0.25) is 0 Å². The van der Waals surface area contributed by atoms with E-state index in [-0.39, 0.29) is 0 Å². The summed E-state index contributed by atoms with van der Waals surface area (Å²) in [6.45, 7) is 3.01. The molecule has 0 saturated heterocycles. The van der Waals surface area contributed by atoms with Crippen molar-refractivity contribution in [3.8, 4) is 11.1 Å². The Morgan fingerprint density at radius 3 is 2.25 bits per heavy atom. The number of ether oxygens (including phenoxy) is 1. The lowest BCUT2D eigenvalue weighted by molar-refractivity contribution is 0.116. The van der Waals surface area contributed by atoms with Gasteiger partial charge < -0.3 is 4.74 Å². The monoisotopic (exact) mass is 374 g/mol. The molecular weight excluding hydrogens is 363 g/mol. The second-order valence-corrected chi connectivity index (χ2v) is 5.79. The molecule has 0 radical (unpaired) electrons. The van der Waals surface area contributed by atoms with E-state index < -0.39 is 0 Å². The Balaban J connectivity index is 2.29. The highest BCUT2D eigenvalue weighted by Gasteiger charge is 2.13. The van der Waals surface area contributed by atoms with Crippen molar-refractivity contribution in [3.63, 3.8) is 0 Å². The van der Waals surface area contributed by atoms with Gasteiger partial charge in [0.05, 0.1) is 5.56 Å². The maximum absolute atomic E-state index is 6.22. The molecule has 0 saturated carbocycles. The smallest absolute Gasteiger partial charge is 0.157 e. The standard InChI is InChI=1S/C14H13BrCl2N2O/c1-2-7-20-8-11-18-13(16)12(14(17)19-11)9-3-5-10(15)6-4-9/h3-6H,2,7-8H2,1H3. The highest BCUT2D eigenvalue weighted by atomic mass is 79.9. The number of hydrogen-bond donors (Lipinski definition) is 0. The van der Waals surface area contributed by atoms with E-state index in [4.69, 9.17) is 27.9 Å². The minimum Gasteiger partial charge on any atom is -0.373 e. The molecule has 0 atom stereocenters. The molecule has 1 aromatic heterocycles. The Morgan fingerprint density at radius 2 is 1.70 bits per heavy atom. The first kappa shape index (κ1) is 15.7. The summed E-state index contributed by atoms with van der Waals surface area (Å²) < 4.78 is 6.38. The van der Waals surface area contributed by atoms with E-state index in [1.165, 1.54) is 0 Å². The zero-order valence-corrected chi connectivity index (χ0v) is 14.0. The maximum atomic E-state index is 6.22. The lowest BCUT2D eigenvalue weighted by Gasteiger charge is -2.09. The third-order valence-corrected chi connectivity index (χ3v) is 3.66. The molecule has 0 aliphatic carbocycles. The van der Waals surface area contributed by atoms with Gasteiger partial charge in [-0.3, -0.25) is 0 Å². The van der Waals surface area contributed by atoms with Gasteiger partial charge in [-0.25, -0.2) is 9.97 Å². The van der Waals surface area contributed by atoms with Crippen LogP contribution in [-0.2, 0) is 11.3 Å². The van der Waals surface area contributed by atoms with Crippen LogP contribution in [0.15, 0.2) is 28.7 Å². The minimum absolute atomic E-state index is 0.313. The van der Waals surface area contributed by atoms with Crippen LogP contribution in [0.2, 0.25) is 10.3 Å². The predicted octanol–water partition coefficient (Wildman–Crippen LogP) is 5.14. The topological polar surface area (TPSA) is 35.0 Å². The number of aromatic nitrogens is 2. The van der Waals surface area contributed by atoms with Crippen LogP contribution in [0.5, 0.6) is 0 Å². The van der Waals surface area contributed by atoms with Crippen molar-refractivity contribution in [1.29, 1.82) is 0 Å². The lowest BCUT2D eigenvalue weighted by atomic mass is 10.1. The summed E-state index contributed by atoms with van der Waals surface area (Å²) in [4.78, 5) is 8.48. The number of nitrogens with zero attached hydrogens (tertiary/aromatic N) is 2. The maximum Gasteiger partial charge on any atom is 0.157 e. The van der Waals surface area contributed by atoms with Crippen LogP contribution in [0, 0.1) is 0 Å². The summed E-state index contributed by atoms with van der Waals surface area (Å²) >= 11 is 15.8. The zero-order chi connectivity index (χ0) is 14.5. The summed E-state index contributed by atoms with van der Waals surface area (Å²) in [5, 5.41) is 0.671. The van der Waals surface area contributed by atoms with Crippen molar-refractivity contribution >= 4 is 39.1 Å².